The highest BCUT2D eigenvalue weighted by Crippen LogP contribution is 2.48. The first-order chi connectivity index (χ1) is 11.6. The van der Waals surface area contributed by atoms with Crippen LogP contribution >= 0.6 is 11.6 Å². The summed E-state index contributed by atoms with van der Waals surface area (Å²) in [6.45, 7) is 5.93. The van der Waals surface area contributed by atoms with Crippen LogP contribution in [0.4, 0.5) is 0 Å². The molecule has 2 amide bonds. The van der Waals surface area contributed by atoms with E-state index in [0.717, 1.165) is 30.1 Å². The molecule has 0 spiro atoms. The zero-order valence-electron chi connectivity index (χ0n) is 14.0. The van der Waals surface area contributed by atoms with Crippen molar-refractivity contribution in [2.24, 2.45) is 5.92 Å². The smallest absolute Gasteiger partial charge is 0.234 e. The van der Waals surface area contributed by atoms with Gasteiger partial charge in [0.1, 0.15) is 0 Å². The summed E-state index contributed by atoms with van der Waals surface area (Å²) in [6, 6.07) is 7.81. The number of piperazine rings is 1. The number of halogens is 1. The molecule has 130 valence electrons. The standard InChI is InChI=1S/C18H24ClN3O2/c1-2-20-17(23)12-21-6-8-22(9-7-21)18(24)16-11-15(16)13-4-3-5-14(19)10-13/h3-5,10,15-16H,2,6-9,11-12H2,1H3,(H,20,23)/t15-,16-/m0/s1. The van der Waals surface area contributed by atoms with Crippen molar-refractivity contribution in [3.8, 4) is 0 Å². The van der Waals surface area contributed by atoms with E-state index in [1.165, 1.54) is 0 Å². The second-order valence-electron chi connectivity index (χ2n) is 6.56. The first kappa shape index (κ1) is 17.2. The lowest BCUT2D eigenvalue weighted by Crippen LogP contribution is -2.51. The van der Waals surface area contributed by atoms with Gasteiger partial charge in [0.2, 0.25) is 11.8 Å². The van der Waals surface area contributed by atoms with E-state index in [2.05, 4.69) is 10.2 Å². The molecule has 6 heteroatoms. The Bertz CT molecular complexity index is 614. The van der Waals surface area contributed by atoms with Gasteiger partial charge in [0.15, 0.2) is 0 Å². The van der Waals surface area contributed by atoms with E-state index in [-0.39, 0.29) is 17.7 Å². The fraction of sp³-hybridized carbons (Fsp3) is 0.556. The Kier molecular flexibility index (Phi) is 5.41. The molecule has 24 heavy (non-hydrogen) atoms. The molecule has 3 rings (SSSR count). The topological polar surface area (TPSA) is 52.7 Å². The average Bonchev–Trinajstić information content (AvgIpc) is 3.36. The Labute approximate surface area is 147 Å². The van der Waals surface area contributed by atoms with Gasteiger partial charge in [-0.1, -0.05) is 23.7 Å². The molecule has 1 aromatic rings. The Morgan fingerprint density at radius 2 is 2.00 bits per heavy atom. The van der Waals surface area contributed by atoms with Crippen molar-refractivity contribution in [1.82, 2.24) is 15.1 Å². The van der Waals surface area contributed by atoms with Crippen LogP contribution in [0, 0.1) is 5.92 Å². The second kappa shape index (κ2) is 7.53. The summed E-state index contributed by atoms with van der Waals surface area (Å²) in [5.74, 6) is 0.709. The monoisotopic (exact) mass is 349 g/mol. The number of nitrogens with zero attached hydrogens (tertiary/aromatic N) is 2. The number of carbonyl (C=O) groups is 2. The van der Waals surface area contributed by atoms with Crippen LogP contribution in [0.1, 0.15) is 24.8 Å². The predicted octanol–water partition coefficient (Wildman–Crippen LogP) is 1.72. The van der Waals surface area contributed by atoms with E-state index in [9.17, 15) is 9.59 Å². The van der Waals surface area contributed by atoms with E-state index in [1.807, 2.05) is 36.1 Å². The van der Waals surface area contributed by atoms with E-state index >= 15 is 0 Å². The summed E-state index contributed by atoms with van der Waals surface area (Å²) >= 11 is 6.04. The van der Waals surface area contributed by atoms with E-state index < -0.39 is 0 Å². The summed E-state index contributed by atoms with van der Waals surface area (Å²) in [7, 11) is 0. The number of amides is 2. The zero-order valence-corrected chi connectivity index (χ0v) is 14.8. The van der Waals surface area contributed by atoms with Crippen LogP contribution in [0.15, 0.2) is 24.3 Å². The lowest BCUT2D eigenvalue weighted by molar-refractivity contribution is -0.134. The van der Waals surface area contributed by atoms with Gasteiger partial charge in [-0.15, -0.1) is 0 Å². The third-order valence-corrected chi connectivity index (χ3v) is 5.04. The minimum atomic E-state index is 0.0560. The van der Waals surface area contributed by atoms with Crippen LogP contribution in [0.5, 0.6) is 0 Å². The fourth-order valence-electron chi connectivity index (χ4n) is 3.39. The second-order valence-corrected chi connectivity index (χ2v) is 7.00. The van der Waals surface area contributed by atoms with Gasteiger partial charge in [0, 0.05) is 43.7 Å². The maximum Gasteiger partial charge on any atom is 0.234 e. The quantitative estimate of drug-likeness (QED) is 0.880. The van der Waals surface area contributed by atoms with Crippen molar-refractivity contribution in [3.05, 3.63) is 34.9 Å². The molecule has 0 bridgehead atoms. The first-order valence-electron chi connectivity index (χ1n) is 8.61. The number of carbonyl (C=O) groups excluding carboxylic acids is 2. The highest BCUT2D eigenvalue weighted by atomic mass is 35.5. The third kappa shape index (κ3) is 4.08. The molecule has 2 aliphatic rings. The number of benzene rings is 1. The maximum atomic E-state index is 12.7. The number of nitrogens with one attached hydrogen (secondary N) is 1. The fourth-order valence-corrected chi connectivity index (χ4v) is 3.59. The first-order valence-corrected chi connectivity index (χ1v) is 8.99. The van der Waals surface area contributed by atoms with Crippen LogP contribution in [0.3, 0.4) is 0 Å². The van der Waals surface area contributed by atoms with Crippen LogP contribution in [0.2, 0.25) is 5.02 Å². The zero-order chi connectivity index (χ0) is 17.1. The lowest BCUT2D eigenvalue weighted by Gasteiger charge is -2.34. The Balaban J connectivity index is 1.47. The van der Waals surface area contributed by atoms with Crippen molar-refractivity contribution in [3.63, 3.8) is 0 Å². The van der Waals surface area contributed by atoms with Gasteiger partial charge >= 0.3 is 0 Å². The van der Waals surface area contributed by atoms with Gasteiger partial charge in [-0.3, -0.25) is 14.5 Å². The van der Waals surface area contributed by atoms with Gasteiger partial charge in [0.25, 0.3) is 0 Å². The van der Waals surface area contributed by atoms with Crippen molar-refractivity contribution < 1.29 is 9.59 Å². The summed E-state index contributed by atoms with van der Waals surface area (Å²) < 4.78 is 0. The number of likely N-dealkylation sites (N-methyl/N-ethyl adjacent to an activating group) is 1. The summed E-state index contributed by atoms with van der Waals surface area (Å²) in [5, 5.41) is 3.54. The maximum absolute atomic E-state index is 12.7. The van der Waals surface area contributed by atoms with Crippen LogP contribution in [-0.4, -0.2) is 60.9 Å². The Morgan fingerprint density at radius 3 is 2.67 bits per heavy atom. The molecule has 0 aromatic heterocycles. The highest BCUT2D eigenvalue weighted by molar-refractivity contribution is 6.30. The molecule has 1 heterocycles. The number of hydrogen-bond acceptors (Lipinski definition) is 3. The van der Waals surface area contributed by atoms with Gasteiger partial charge < -0.3 is 10.2 Å². The van der Waals surface area contributed by atoms with Crippen molar-refractivity contribution in [1.29, 1.82) is 0 Å². The van der Waals surface area contributed by atoms with Gasteiger partial charge in [-0.25, -0.2) is 0 Å². The predicted molar refractivity (Wildman–Crippen MR) is 94.0 cm³/mol. The molecule has 1 saturated heterocycles. The molecule has 5 nitrogen and oxygen atoms in total. The van der Waals surface area contributed by atoms with Gasteiger partial charge in [0.05, 0.1) is 6.54 Å². The molecule has 0 unspecified atom stereocenters. The molecule has 1 aliphatic heterocycles. The van der Waals surface area contributed by atoms with Crippen LogP contribution in [0.25, 0.3) is 0 Å². The average molecular weight is 350 g/mol. The molecule has 1 aliphatic carbocycles. The number of hydrogen-bond donors (Lipinski definition) is 1. The van der Waals surface area contributed by atoms with E-state index in [0.29, 0.717) is 32.1 Å². The Morgan fingerprint density at radius 1 is 1.25 bits per heavy atom. The molecule has 2 atom stereocenters. The summed E-state index contributed by atoms with van der Waals surface area (Å²) in [5.41, 5.74) is 1.16. The van der Waals surface area contributed by atoms with Crippen molar-refractivity contribution >= 4 is 23.4 Å². The Hall–Kier alpha value is -1.59. The van der Waals surface area contributed by atoms with Crippen molar-refractivity contribution in [2.45, 2.75) is 19.3 Å². The molecule has 0 radical (unpaired) electrons. The van der Waals surface area contributed by atoms with Gasteiger partial charge in [-0.05, 0) is 37.0 Å². The van der Waals surface area contributed by atoms with E-state index in [1.54, 1.807) is 0 Å². The molecular weight excluding hydrogens is 326 g/mol. The van der Waals surface area contributed by atoms with Crippen LogP contribution < -0.4 is 5.32 Å². The normalized spacial score (nSPS) is 23.8. The highest BCUT2D eigenvalue weighted by Gasteiger charge is 2.46. The molecule has 1 saturated carbocycles. The van der Waals surface area contributed by atoms with Crippen molar-refractivity contribution in [2.75, 3.05) is 39.3 Å². The number of rotatable bonds is 5. The molecule has 1 aromatic carbocycles. The summed E-state index contributed by atoms with van der Waals surface area (Å²) in [4.78, 5) is 28.3. The summed E-state index contributed by atoms with van der Waals surface area (Å²) in [6.07, 6.45) is 0.915. The van der Waals surface area contributed by atoms with E-state index in [4.69, 9.17) is 11.6 Å². The minimum absolute atomic E-state index is 0.0560. The third-order valence-electron chi connectivity index (χ3n) is 4.81. The molecule has 2 fully saturated rings. The van der Waals surface area contributed by atoms with Gasteiger partial charge in [-0.2, -0.15) is 0 Å². The SMILES string of the molecule is CCNC(=O)CN1CCN(C(=O)[C@H]2C[C@H]2c2cccc(Cl)c2)CC1. The minimum Gasteiger partial charge on any atom is -0.355 e. The molecular formula is C18H24ClN3O2. The molecule has 1 N–H and O–H groups in total. The largest absolute Gasteiger partial charge is 0.355 e. The lowest BCUT2D eigenvalue weighted by atomic mass is 10.1. The van der Waals surface area contributed by atoms with Crippen LogP contribution in [-0.2, 0) is 9.59 Å².